The lowest BCUT2D eigenvalue weighted by molar-refractivity contribution is -0.117. The molecule has 0 unspecified atom stereocenters. The summed E-state index contributed by atoms with van der Waals surface area (Å²) >= 11 is 1.35. The fraction of sp³-hybridized carbons (Fsp3) is 0.174. The first-order chi connectivity index (χ1) is 15.0. The first kappa shape index (κ1) is 21.0. The molecule has 3 aromatic rings. The Kier molecular flexibility index (Phi) is 6.27. The number of aromatic nitrogens is 1. The van der Waals surface area contributed by atoms with E-state index in [4.69, 9.17) is 0 Å². The number of pyridine rings is 1. The van der Waals surface area contributed by atoms with Crippen molar-refractivity contribution < 1.29 is 18.4 Å². The number of anilines is 2. The van der Waals surface area contributed by atoms with Gasteiger partial charge in [-0.05, 0) is 54.4 Å². The normalized spacial score (nSPS) is 13.5. The van der Waals surface area contributed by atoms with Crippen molar-refractivity contribution in [1.82, 2.24) is 4.98 Å². The van der Waals surface area contributed by atoms with E-state index in [1.54, 1.807) is 36.5 Å². The van der Waals surface area contributed by atoms with Crippen LogP contribution in [0.5, 0.6) is 0 Å². The summed E-state index contributed by atoms with van der Waals surface area (Å²) in [6.07, 6.45) is 2.71. The molecule has 158 valence electrons. The van der Waals surface area contributed by atoms with Crippen LogP contribution in [0.1, 0.15) is 28.8 Å². The number of thioether (sulfide) groups is 1. The van der Waals surface area contributed by atoms with Crippen LogP contribution >= 0.6 is 11.8 Å². The Balaban J connectivity index is 1.47. The topological polar surface area (TPSA) is 62.3 Å². The van der Waals surface area contributed by atoms with Crippen molar-refractivity contribution in [3.63, 3.8) is 0 Å². The third kappa shape index (κ3) is 4.91. The molecule has 8 heteroatoms. The van der Waals surface area contributed by atoms with Gasteiger partial charge < -0.3 is 10.2 Å². The highest BCUT2D eigenvalue weighted by atomic mass is 32.2. The van der Waals surface area contributed by atoms with Crippen LogP contribution in [0, 0.1) is 11.6 Å². The van der Waals surface area contributed by atoms with Gasteiger partial charge in [0.2, 0.25) is 5.91 Å². The van der Waals surface area contributed by atoms with Crippen molar-refractivity contribution in [3.8, 4) is 0 Å². The van der Waals surface area contributed by atoms with Crippen molar-refractivity contribution in [1.29, 1.82) is 0 Å². The second-order valence-corrected chi connectivity index (χ2v) is 8.00. The molecule has 0 radical (unpaired) electrons. The molecule has 0 aliphatic carbocycles. The number of amides is 2. The van der Waals surface area contributed by atoms with Crippen LogP contribution in [-0.2, 0) is 10.5 Å². The van der Waals surface area contributed by atoms with Gasteiger partial charge in [0.25, 0.3) is 5.91 Å². The molecule has 1 N–H and O–H groups in total. The Labute approximate surface area is 182 Å². The molecular formula is C23H19F2N3O2S. The minimum atomic E-state index is -0.565. The molecule has 0 spiro atoms. The van der Waals surface area contributed by atoms with Crippen LogP contribution in [0.4, 0.5) is 20.2 Å². The molecule has 31 heavy (non-hydrogen) atoms. The van der Waals surface area contributed by atoms with Crippen LogP contribution in [0.25, 0.3) is 0 Å². The summed E-state index contributed by atoms with van der Waals surface area (Å²) in [6, 6.07) is 13.7. The first-order valence-corrected chi connectivity index (χ1v) is 10.7. The second kappa shape index (κ2) is 9.26. The van der Waals surface area contributed by atoms with E-state index >= 15 is 0 Å². The maximum Gasteiger partial charge on any atom is 0.258 e. The van der Waals surface area contributed by atoms with Gasteiger partial charge in [-0.2, -0.15) is 0 Å². The molecule has 1 saturated heterocycles. The standard InChI is InChI=1S/C23H19F2N3O2S/c24-16-7-5-15(6-8-16)14-31-23-18(3-1-11-26-23)22(30)27-17-9-10-20(19(25)13-17)28-12-2-4-21(28)29/h1,3,5-11,13H,2,4,12,14H2,(H,27,30). The second-order valence-electron chi connectivity index (χ2n) is 7.04. The van der Waals surface area contributed by atoms with Gasteiger partial charge in [0.15, 0.2) is 0 Å². The number of rotatable bonds is 6. The van der Waals surface area contributed by atoms with Crippen LogP contribution in [-0.4, -0.2) is 23.3 Å². The number of carbonyl (C=O) groups is 2. The number of hydrogen-bond acceptors (Lipinski definition) is 4. The molecule has 1 aromatic heterocycles. The molecule has 2 aromatic carbocycles. The van der Waals surface area contributed by atoms with Gasteiger partial charge in [0.05, 0.1) is 11.3 Å². The molecule has 1 aliphatic rings. The third-order valence-electron chi connectivity index (χ3n) is 4.87. The van der Waals surface area contributed by atoms with Crippen molar-refractivity contribution in [2.24, 2.45) is 0 Å². The molecule has 2 heterocycles. The Morgan fingerprint density at radius 1 is 1.13 bits per heavy atom. The maximum absolute atomic E-state index is 14.6. The fourth-order valence-corrected chi connectivity index (χ4v) is 4.26. The number of hydrogen-bond donors (Lipinski definition) is 1. The summed E-state index contributed by atoms with van der Waals surface area (Å²) in [5.41, 5.74) is 1.76. The highest BCUT2D eigenvalue weighted by Crippen LogP contribution is 2.28. The van der Waals surface area contributed by atoms with Gasteiger partial charge in [-0.25, -0.2) is 13.8 Å². The van der Waals surface area contributed by atoms with E-state index in [9.17, 15) is 18.4 Å². The largest absolute Gasteiger partial charge is 0.322 e. The Morgan fingerprint density at radius 3 is 2.65 bits per heavy atom. The van der Waals surface area contributed by atoms with E-state index in [1.165, 1.54) is 40.9 Å². The van der Waals surface area contributed by atoms with Crippen LogP contribution in [0.3, 0.4) is 0 Å². The number of halogens is 2. The van der Waals surface area contributed by atoms with Gasteiger partial charge in [0, 0.05) is 30.6 Å². The van der Waals surface area contributed by atoms with Crippen LogP contribution < -0.4 is 10.2 Å². The number of nitrogens with zero attached hydrogens (tertiary/aromatic N) is 2. The SMILES string of the molecule is O=C(Nc1ccc(N2CCCC2=O)c(F)c1)c1cccnc1SCc1ccc(F)cc1. The first-order valence-electron chi connectivity index (χ1n) is 9.75. The Bertz CT molecular complexity index is 1120. The Morgan fingerprint density at radius 2 is 1.94 bits per heavy atom. The molecule has 1 aliphatic heterocycles. The van der Waals surface area contributed by atoms with E-state index in [2.05, 4.69) is 10.3 Å². The maximum atomic E-state index is 14.6. The van der Waals surface area contributed by atoms with Crippen molar-refractivity contribution in [3.05, 3.63) is 83.6 Å². The van der Waals surface area contributed by atoms with Crippen molar-refractivity contribution >= 4 is 35.0 Å². The zero-order valence-electron chi connectivity index (χ0n) is 16.5. The lowest BCUT2D eigenvalue weighted by Gasteiger charge is -2.17. The molecule has 0 atom stereocenters. The summed E-state index contributed by atoms with van der Waals surface area (Å²) in [5, 5.41) is 3.21. The van der Waals surface area contributed by atoms with E-state index < -0.39 is 11.7 Å². The molecule has 0 saturated carbocycles. The van der Waals surface area contributed by atoms with Crippen LogP contribution in [0.2, 0.25) is 0 Å². The van der Waals surface area contributed by atoms with E-state index in [1.807, 2.05) is 0 Å². The highest BCUT2D eigenvalue weighted by molar-refractivity contribution is 7.98. The molecular weight excluding hydrogens is 420 g/mol. The lowest BCUT2D eigenvalue weighted by Crippen LogP contribution is -2.24. The van der Waals surface area contributed by atoms with Crippen molar-refractivity contribution in [2.45, 2.75) is 23.6 Å². The smallest absolute Gasteiger partial charge is 0.258 e. The minimum absolute atomic E-state index is 0.103. The summed E-state index contributed by atoms with van der Waals surface area (Å²) in [7, 11) is 0. The van der Waals surface area contributed by atoms with E-state index in [0.717, 1.165) is 5.56 Å². The summed E-state index contributed by atoms with van der Waals surface area (Å²) < 4.78 is 27.6. The molecule has 4 rings (SSSR count). The van der Waals surface area contributed by atoms with Gasteiger partial charge >= 0.3 is 0 Å². The zero-order chi connectivity index (χ0) is 21.8. The molecule has 0 bridgehead atoms. The number of nitrogens with one attached hydrogen (secondary N) is 1. The average Bonchev–Trinajstić information content (AvgIpc) is 3.19. The van der Waals surface area contributed by atoms with Gasteiger partial charge in [0.1, 0.15) is 16.7 Å². The minimum Gasteiger partial charge on any atom is -0.322 e. The van der Waals surface area contributed by atoms with E-state index in [-0.39, 0.29) is 23.1 Å². The summed E-state index contributed by atoms with van der Waals surface area (Å²) in [5.74, 6) is -0.873. The van der Waals surface area contributed by atoms with Crippen LogP contribution in [0.15, 0.2) is 65.8 Å². The predicted molar refractivity (Wildman–Crippen MR) is 116 cm³/mol. The van der Waals surface area contributed by atoms with Crippen molar-refractivity contribution in [2.75, 3.05) is 16.8 Å². The van der Waals surface area contributed by atoms with Gasteiger partial charge in [-0.1, -0.05) is 12.1 Å². The average molecular weight is 439 g/mol. The number of benzene rings is 2. The van der Waals surface area contributed by atoms with Gasteiger partial charge in [-0.3, -0.25) is 9.59 Å². The van der Waals surface area contributed by atoms with Gasteiger partial charge in [-0.15, -0.1) is 11.8 Å². The van der Waals surface area contributed by atoms with E-state index in [0.29, 0.717) is 35.7 Å². The zero-order valence-corrected chi connectivity index (χ0v) is 17.3. The number of carbonyl (C=O) groups excluding carboxylic acids is 2. The highest BCUT2D eigenvalue weighted by Gasteiger charge is 2.24. The molecule has 5 nitrogen and oxygen atoms in total. The molecule has 1 fully saturated rings. The quantitative estimate of drug-likeness (QED) is 0.547. The monoisotopic (exact) mass is 439 g/mol. The predicted octanol–water partition coefficient (Wildman–Crippen LogP) is 5.03. The Hall–Kier alpha value is -3.26. The fourth-order valence-electron chi connectivity index (χ4n) is 3.32. The molecule has 2 amide bonds. The summed E-state index contributed by atoms with van der Waals surface area (Å²) in [4.78, 5) is 30.3. The third-order valence-corrected chi connectivity index (χ3v) is 5.95. The lowest BCUT2D eigenvalue weighted by atomic mass is 10.2. The summed E-state index contributed by atoms with van der Waals surface area (Å²) in [6.45, 7) is 0.492.